The van der Waals surface area contributed by atoms with Crippen molar-refractivity contribution in [2.45, 2.75) is 18.9 Å². The maximum atomic E-state index is 12.5. The Morgan fingerprint density at radius 3 is 2.82 bits per heavy atom. The van der Waals surface area contributed by atoms with Crippen molar-refractivity contribution in [1.82, 2.24) is 14.9 Å². The van der Waals surface area contributed by atoms with Gasteiger partial charge >= 0.3 is 0 Å². The van der Waals surface area contributed by atoms with Gasteiger partial charge in [0.1, 0.15) is 6.10 Å². The normalized spacial score (nSPS) is 18.0. The van der Waals surface area contributed by atoms with Crippen molar-refractivity contribution < 1.29 is 9.53 Å². The number of rotatable bonds is 3. The Hall–Kier alpha value is -1.70. The van der Waals surface area contributed by atoms with Crippen molar-refractivity contribution in [3.05, 3.63) is 52.0 Å². The first-order valence-corrected chi connectivity index (χ1v) is 8.28. The van der Waals surface area contributed by atoms with Gasteiger partial charge in [0.15, 0.2) is 0 Å². The summed E-state index contributed by atoms with van der Waals surface area (Å²) < 4.78 is 6.94. The maximum Gasteiger partial charge on any atom is 0.253 e. The number of carbonyl (C=O) groups is 1. The Kier molecular flexibility index (Phi) is 4.87. The minimum atomic E-state index is -0.0294. The first kappa shape index (κ1) is 15.2. The van der Waals surface area contributed by atoms with Crippen molar-refractivity contribution in [2.75, 3.05) is 13.1 Å². The van der Waals surface area contributed by atoms with Gasteiger partial charge in [-0.05, 0) is 59.7 Å². The zero-order valence-corrected chi connectivity index (χ0v) is 14.1. The lowest BCUT2D eigenvalue weighted by molar-refractivity contribution is 0.0527. The molecule has 0 saturated carbocycles. The Bertz CT molecular complexity index is 634. The average molecular weight is 409 g/mol. The number of benzene rings is 1. The van der Waals surface area contributed by atoms with Crippen molar-refractivity contribution in [3.63, 3.8) is 0 Å². The summed E-state index contributed by atoms with van der Waals surface area (Å²) in [6, 6.07) is 7.64. The first-order valence-electron chi connectivity index (χ1n) is 7.20. The van der Waals surface area contributed by atoms with Crippen LogP contribution in [0, 0.1) is 3.57 Å². The highest BCUT2D eigenvalue weighted by molar-refractivity contribution is 14.1. The van der Waals surface area contributed by atoms with E-state index in [9.17, 15) is 4.79 Å². The number of piperidine rings is 1. The van der Waals surface area contributed by atoms with Crippen molar-refractivity contribution >= 4 is 28.5 Å². The van der Waals surface area contributed by atoms with E-state index in [1.165, 1.54) is 0 Å². The summed E-state index contributed by atoms with van der Waals surface area (Å²) >= 11 is 2.23. The topological polar surface area (TPSA) is 55.3 Å². The molecule has 1 unspecified atom stereocenters. The van der Waals surface area contributed by atoms with Gasteiger partial charge in [-0.3, -0.25) is 9.78 Å². The molecule has 1 atom stereocenters. The Balaban J connectivity index is 1.65. The molecule has 1 aliphatic rings. The summed E-state index contributed by atoms with van der Waals surface area (Å²) in [5.41, 5.74) is 0.723. The summed E-state index contributed by atoms with van der Waals surface area (Å²) in [7, 11) is 0. The van der Waals surface area contributed by atoms with Gasteiger partial charge in [0, 0.05) is 28.1 Å². The summed E-state index contributed by atoms with van der Waals surface area (Å²) in [6.45, 7) is 1.35. The average Bonchev–Trinajstić information content (AvgIpc) is 2.56. The number of hydrogen-bond acceptors (Lipinski definition) is 4. The molecule has 1 saturated heterocycles. The van der Waals surface area contributed by atoms with Crippen molar-refractivity contribution in [2.24, 2.45) is 0 Å². The van der Waals surface area contributed by atoms with Crippen LogP contribution in [0.3, 0.4) is 0 Å². The van der Waals surface area contributed by atoms with E-state index in [1.807, 2.05) is 29.2 Å². The molecule has 1 aromatic heterocycles. The standard InChI is InChI=1S/C16H16IN3O2/c17-13-5-3-12(4-6-13)16(21)20-9-1-2-14(11-20)22-15-10-18-7-8-19-15/h3-8,10,14H,1-2,9,11H2. The SMILES string of the molecule is O=C(c1ccc(I)cc1)N1CCCC(Oc2cnccn2)C1. The molecular weight excluding hydrogens is 393 g/mol. The zero-order valence-electron chi connectivity index (χ0n) is 12.0. The molecule has 0 radical (unpaired) electrons. The van der Waals surface area contributed by atoms with Crippen LogP contribution in [0.1, 0.15) is 23.2 Å². The number of ether oxygens (including phenoxy) is 1. The van der Waals surface area contributed by atoms with Gasteiger partial charge in [-0.25, -0.2) is 4.98 Å². The van der Waals surface area contributed by atoms with Gasteiger partial charge < -0.3 is 9.64 Å². The van der Waals surface area contributed by atoms with Gasteiger partial charge in [-0.2, -0.15) is 0 Å². The van der Waals surface area contributed by atoms with Crippen LogP contribution in [0.4, 0.5) is 0 Å². The highest BCUT2D eigenvalue weighted by Crippen LogP contribution is 2.18. The Labute approximate surface area is 142 Å². The number of aromatic nitrogens is 2. The minimum absolute atomic E-state index is 0.0294. The van der Waals surface area contributed by atoms with Crippen LogP contribution in [0.25, 0.3) is 0 Å². The molecule has 0 N–H and O–H groups in total. The maximum absolute atomic E-state index is 12.5. The van der Waals surface area contributed by atoms with Crippen molar-refractivity contribution in [1.29, 1.82) is 0 Å². The summed E-state index contributed by atoms with van der Waals surface area (Å²) in [5.74, 6) is 0.569. The molecule has 3 rings (SSSR count). The molecule has 1 fully saturated rings. The summed E-state index contributed by atoms with van der Waals surface area (Å²) in [4.78, 5) is 22.5. The minimum Gasteiger partial charge on any atom is -0.471 e. The van der Waals surface area contributed by atoms with E-state index in [4.69, 9.17) is 4.74 Å². The number of nitrogens with zero attached hydrogens (tertiary/aromatic N) is 3. The zero-order chi connectivity index (χ0) is 15.4. The third-order valence-corrected chi connectivity index (χ3v) is 4.30. The molecule has 5 nitrogen and oxygen atoms in total. The highest BCUT2D eigenvalue weighted by Gasteiger charge is 2.25. The molecule has 1 aliphatic heterocycles. The van der Waals surface area contributed by atoms with Crippen LogP contribution < -0.4 is 4.74 Å². The van der Waals surface area contributed by atoms with Crippen LogP contribution in [0.15, 0.2) is 42.9 Å². The fourth-order valence-corrected chi connectivity index (χ4v) is 2.87. The van der Waals surface area contributed by atoms with E-state index in [-0.39, 0.29) is 12.0 Å². The predicted octanol–water partition coefficient (Wildman–Crippen LogP) is 2.76. The van der Waals surface area contributed by atoms with Crippen LogP contribution in [-0.2, 0) is 0 Å². The van der Waals surface area contributed by atoms with Crippen LogP contribution in [0.5, 0.6) is 5.88 Å². The molecular formula is C16H16IN3O2. The molecule has 22 heavy (non-hydrogen) atoms. The Morgan fingerprint density at radius 1 is 1.27 bits per heavy atom. The van der Waals surface area contributed by atoms with Crippen LogP contribution >= 0.6 is 22.6 Å². The molecule has 2 aromatic rings. The van der Waals surface area contributed by atoms with E-state index < -0.39 is 0 Å². The predicted molar refractivity (Wildman–Crippen MR) is 90.7 cm³/mol. The second-order valence-corrected chi connectivity index (χ2v) is 6.43. The van der Waals surface area contributed by atoms with E-state index in [0.717, 1.165) is 28.5 Å². The lowest BCUT2D eigenvalue weighted by Gasteiger charge is -2.32. The Morgan fingerprint density at radius 2 is 2.09 bits per heavy atom. The third kappa shape index (κ3) is 3.73. The third-order valence-electron chi connectivity index (χ3n) is 3.58. The largest absolute Gasteiger partial charge is 0.471 e. The fraction of sp³-hybridized carbons (Fsp3) is 0.312. The molecule has 114 valence electrons. The highest BCUT2D eigenvalue weighted by atomic mass is 127. The number of hydrogen-bond donors (Lipinski definition) is 0. The van der Waals surface area contributed by atoms with Gasteiger partial charge in [0.05, 0.1) is 12.7 Å². The van der Waals surface area contributed by atoms with Gasteiger partial charge in [0.25, 0.3) is 5.91 Å². The van der Waals surface area contributed by atoms with Crippen molar-refractivity contribution in [3.8, 4) is 5.88 Å². The van der Waals surface area contributed by atoms with Gasteiger partial charge in [0.2, 0.25) is 5.88 Å². The molecule has 0 spiro atoms. The van der Waals surface area contributed by atoms with E-state index >= 15 is 0 Å². The monoisotopic (exact) mass is 409 g/mol. The lowest BCUT2D eigenvalue weighted by atomic mass is 10.1. The second kappa shape index (κ2) is 7.04. The quantitative estimate of drug-likeness (QED) is 0.732. The molecule has 0 aliphatic carbocycles. The number of likely N-dealkylation sites (tertiary alicyclic amines) is 1. The fourth-order valence-electron chi connectivity index (χ4n) is 2.51. The van der Waals surface area contributed by atoms with E-state index in [2.05, 4.69) is 32.6 Å². The molecule has 2 heterocycles. The second-order valence-electron chi connectivity index (χ2n) is 5.18. The van der Waals surface area contributed by atoms with Gasteiger partial charge in [-0.1, -0.05) is 0 Å². The smallest absolute Gasteiger partial charge is 0.253 e. The molecule has 0 bridgehead atoms. The van der Waals surface area contributed by atoms with Crippen LogP contribution in [0.2, 0.25) is 0 Å². The number of amides is 1. The molecule has 1 amide bonds. The van der Waals surface area contributed by atoms with Crippen LogP contribution in [-0.4, -0.2) is 40.0 Å². The summed E-state index contributed by atoms with van der Waals surface area (Å²) in [5, 5.41) is 0. The molecule has 6 heteroatoms. The van der Waals surface area contributed by atoms with E-state index in [0.29, 0.717) is 12.4 Å². The number of halogens is 1. The number of carbonyl (C=O) groups excluding carboxylic acids is 1. The lowest BCUT2D eigenvalue weighted by Crippen LogP contribution is -2.44. The molecule has 1 aromatic carbocycles. The van der Waals surface area contributed by atoms with E-state index in [1.54, 1.807) is 18.6 Å². The van der Waals surface area contributed by atoms with Gasteiger partial charge in [-0.15, -0.1) is 0 Å². The summed E-state index contributed by atoms with van der Waals surface area (Å²) in [6.07, 6.45) is 6.64. The first-order chi connectivity index (χ1) is 10.7.